The lowest BCUT2D eigenvalue weighted by atomic mass is 10.0. The maximum Gasteiger partial charge on any atom is 0.141 e. The van der Waals surface area contributed by atoms with Crippen molar-refractivity contribution >= 4 is 33.3 Å². The summed E-state index contributed by atoms with van der Waals surface area (Å²) in [5.41, 5.74) is 1.29. The highest BCUT2D eigenvalue weighted by molar-refractivity contribution is 9.10. The average molecular weight is 342 g/mol. The summed E-state index contributed by atoms with van der Waals surface area (Å²) in [6, 6.07) is 11.9. The van der Waals surface area contributed by atoms with Gasteiger partial charge in [0.15, 0.2) is 0 Å². The zero-order chi connectivity index (χ0) is 13.8. The molecule has 0 aliphatic rings. The second kappa shape index (κ2) is 6.31. The molecule has 1 nitrogen and oxygen atoms in total. The van der Waals surface area contributed by atoms with Crippen LogP contribution in [0.2, 0.25) is 5.02 Å². The third-order valence-electron chi connectivity index (χ3n) is 2.69. The first kappa shape index (κ1) is 14.2. The minimum absolute atomic E-state index is 0.0284. The van der Waals surface area contributed by atoms with Crippen molar-refractivity contribution in [2.45, 2.75) is 12.8 Å². The predicted octanol–water partition coefficient (Wildman–Crippen LogP) is 4.60. The van der Waals surface area contributed by atoms with Gasteiger partial charge in [0, 0.05) is 22.3 Å². The van der Waals surface area contributed by atoms with E-state index < -0.39 is 5.82 Å². The largest absolute Gasteiger partial charge is 0.299 e. The number of carbonyl (C=O) groups excluding carboxylic acids is 1. The normalized spacial score (nSPS) is 10.5. The van der Waals surface area contributed by atoms with Crippen molar-refractivity contribution in [1.29, 1.82) is 0 Å². The third-order valence-corrected chi connectivity index (χ3v) is 3.42. The lowest BCUT2D eigenvalue weighted by molar-refractivity contribution is -0.117. The minimum atomic E-state index is -0.435. The molecular weight excluding hydrogens is 331 g/mol. The Labute approximate surface area is 124 Å². The molecule has 98 valence electrons. The standard InChI is InChI=1S/C15H11BrClFO/c16-12-3-1-2-10(6-12)7-14(19)8-11-4-5-13(17)9-15(11)18/h1-6,9H,7-8H2. The Morgan fingerprint density at radius 1 is 1.16 bits per heavy atom. The number of benzene rings is 2. The van der Waals surface area contributed by atoms with Crippen molar-refractivity contribution < 1.29 is 9.18 Å². The van der Waals surface area contributed by atoms with Gasteiger partial charge >= 0.3 is 0 Å². The van der Waals surface area contributed by atoms with Gasteiger partial charge in [-0.15, -0.1) is 0 Å². The first-order valence-electron chi connectivity index (χ1n) is 5.74. The summed E-state index contributed by atoms with van der Waals surface area (Å²) in [6.45, 7) is 0. The molecule has 4 heteroatoms. The molecule has 0 aromatic heterocycles. The fraction of sp³-hybridized carbons (Fsp3) is 0.133. The molecule has 0 amide bonds. The number of rotatable bonds is 4. The summed E-state index contributed by atoms with van der Waals surface area (Å²) in [7, 11) is 0. The Hall–Kier alpha value is -1.19. The van der Waals surface area contributed by atoms with Crippen LogP contribution < -0.4 is 0 Å². The lowest BCUT2D eigenvalue weighted by Gasteiger charge is -2.04. The molecule has 0 heterocycles. The first-order valence-corrected chi connectivity index (χ1v) is 6.92. The number of hydrogen-bond acceptors (Lipinski definition) is 1. The molecule has 2 rings (SSSR count). The summed E-state index contributed by atoms with van der Waals surface area (Å²) in [5.74, 6) is -0.464. The molecule has 0 saturated heterocycles. The molecule has 0 atom stereocenters. The monoisotopic (exact) mass is 340 g/mol. The van der Waals surface area contributed by atoms with E-state index in [2.05, 4.69) is 15.9 Å². The van der Waals surface area contributed by atoms with E-state index in [0.717, 1.165) is 10.0 Å². The molecule has 0 aliphatic heterocycles. The molecule has 2 aromatic rings. The van der Waals surface area contributed by atoms with E-state index in [4.69, 9.17) is 11.6 Å². The highest BCUT2D eigenvalue weighted by atomic mass is 79.9. The van der Waals surface area contributed by atoms with Crippen LogP contribution in [-0.4, -0.2) is 5.78 Å². The Balaban J connectivity index is 2.05. The summed E-state index contributed by atoms with van der Waals surface area (Å²) < 4.78 is 14.5. The van der Waals surface area contributed by atoms with E-state index in [1.165, 1.54) is 6.07 Å². The van der Waals surface area contributed by atoms with Gasteiger partial charge in [-0.2, -0.15) is 0 Å². The summed E-state index contributed by atoms with van der Waals surface area (Å²) in [5, 5.41) is 0.334. The molecule has 0 saturated carbocycles. The van der Waals surface area contributed by atoms with Crippen LogP contribution in [0.25, 0.3) is 0 Å². The second-order valence-electron chi connectivity index (χ2n) is 4.26. The van der Waals surface area contributed by atoms with Gasteiger partial charge in [0.05, 0.1) is 0 Å². The number of carbonyl (C=O) groups is 1. The molecule has 2 aromatic carbocycles. The van der Waals surface area contributed by atoms with E-state index in [-0.39, 0.29) is 12.2 Å². The van der Waals surface area contributed by atoms with Gasteiger partial charge in [-0.25, -0.2) is 4.39 Å². The highest BCUT2D eigenvalue weighted by Crippen LogP contribution is 2.17. The van der Waals surface area contributed by atoms with Gasteiger partial charge in [-0.3, -0.25) is 4.79 Å². The molecule has 0 N–H and O–H groups in total. The summed E-state index contributed by atoms with van der Waals surface area (Å²) in [4.78, 5) is 11.9. The topological polar surface area (TPSA) is 17.1 Å². The number of Topliss-reactive ketones (excluding diaryl/α,β-unsaturated/α-hetero) is 1. The lowest BCUT2D eigenvalue weighted by Crippen LogP contribution is -2.08. The van der Waals surface area contributed by atoms with Crippen LogP contribution in [-0.2, 0) is 17.6 Å². The Kier molecular flexibility index (Phi) is 4.72. The van der Waals surface area contributed by atoms with Crippen molar-refractivity contribution in [3.8, 4) is 0 Å². The fourth-order valence-electron chi connectivity index (χ4n) is 1.81. The molecule has 0 bridgehead atoms. The van der Waals surface area contributed by atoms with Crippen molar-refractivity contribution in [1.82, 2.24) is 0 Å². The second-order valence-corrected chi connectivity index (χ2v) is 5.61. The number of halogens is 3. The molecule has 0 spiro atoms. The van der Waals surface area contributed by atoms with E-state index >= 15 is 0 Å². The van der Waals surface area contributed by atoms with Crippen LogP contribution in [0.4, 0.5) is 4.39 Å². The molecule has 0 radical (unpaired) electrons. The quantitative estimate of drug-likeness (QED) is 0.794. The van der Waals surface area contributed by atoms with Crippen molar-refractivity contribution in [3.63, 3.8) is 0 Å². The zero-order valence-corrected chi connectivity index (χ0v) is 12.3. The van der Waals surface area contributed by atoms with Crippen molar-refractivity contribution in [2.24, 2.45) is 0 Å². The van der Waals surface area contributed by atoms with Crippen molar-refractivity contribution in [3.05, 3.63) is 68.9 Å². The van der Waals surface area contributed by atoms with Crippen molar-refractivity contribution in [2.75, 3.05) is 0 Å². The van der Waals surface area contributed by atoms with Gasteiger partial charge in [0.1, 0.15) is 11.6 Å². The van der Waals surface area contributed by atoms with Crippen LogP contribution in [0, 0.1) is 5.82 Å². The number of ketones is 1. The van der Waals surface area contributed by atoms with Gasteiger partial charge in [0.2, 0.25) is 0 Å². The van der Waals surface area contributed by atoms with Crippen LogP contribution >= 0.6 is 27.5 Å². The third kappa shape index (κ3) is 4.15. The van der Waals surface area contributed by atoms with Gasteiger partial charge < -0.3 is 0 Å². The summed E-state index contributed by atoms with van der Waals surface area (Å²) in [6.07, 6.45) is 0.372. The van der Waals surface area contributed by atoms with Crippen LogP contribution in [0.15, 0.2) is 46.9 Å². The highest BCUT2D eigenvalue weighted by Gasteiger charge is 2.09. The van der Waals surface area contributed by atoms with E-state index in [1.54, 1.807) is 12.1 Å². The van der Waals surface area contributed by atoms with Gasteiger partial charge in [-0.1, -0.05) is 45.7 Å². The van der Waals surface area contributed by atoms with Gasteiger partial charge in [0.25, 0.3) is 0 Å². The molecule has 0 aliphatic carbocycles. The maximum atomic E-state index is 13.6. The van der Waals surface area contributed by atoms with E-state index in [0.29, 0.717) is 17.0 Å². The average Bonchev–Trinajstić information content (AvgIpc) is 2.33. The predicted molar refractivity (Wildman–Crippen MR) is 78.0 cm³/mol. The maximum absolute atomic E-state index is 13.6. The smallest absolute Gasteiger partial charge is 0.141 e. The molecular formula is C15H11BrClFO. The fourth-order valence-corrected chi connectivity index (χ4v) is 2.42. The van der Waals surface area contributed by atoms with Crippen LogP contribution in [0.3, 0.4) is 0 Å². The molecule has 19 heavy (non-hydrogen) atoms. The minimum Gasteiger partial charge on any atom is -0.299 e. The number of hydrogen-bond donors (Lipinski definition) is 0. The first-order chi connectivity index (χ1) is 9.04. The molecule has 0 unspecified atom stereocenters. The molecule has 0 fully saturated rings. The van der Waals surface area contributed by atoms with Crippen LogP contribution in [0.1, 0.15) is 11.1 Å². The van der Waals surface area contributed by atoms with Crippen LogP contribution in [0.5, 0.6) is 0 Å². The Morgan fingerprint density at radius 3 is 2.63 bits per heavy atom. The Bertz CT molecular complexity index is 613. The van der Waals surface area contributed by atoms with E-state index in [9.17, 15) is 9.18 Å². The SMILES string of the molecule is O=C(Cc1cccc(Br)c1)Cc1ccc(Cl)cc1F. The zero-order valence-electron chi connectivity index (χ0n) is 10.00. The summed E-state index contributed by atoms with van der Waals surface area (Å²) >= 11 is 9.02. The van der Waals surface area contributed by atoms with Gasteiger partial charge in [-0.05, 0) is 35.4 Å². The van der Waals surface area contributed by atoms with E-state index in [1.807, 2.05) is 24.3 Å². The Morgan fingerprint density at radius 2 is 1.95 bits per heavy atom.